The fourth-order valence-corrected chi connectivity index (χ4v) is 1.86. The third-order valence-corrected chi connectivity index (χ3v) is 3.53. The van der Waals surface area contributed by atoms with E-state index in [1.165, 1.54) is 0 Å². The molecule has 1 rings (SSSR count). The fraction of sp³-hybridized carbons (Fsp3) is 0.176. The van der Waals surface area contributed by atoms with E-state index in [0.717, 1.165) is 11.7 Å². The van der Waals surface area contributed by atoms with Crippen LogP contribution in [0.4, 0.5) is 5.69 Å². The molecule has 0 saturated heterocycles. The van der Waals surface area contributed by atoms with Gasteiger partial charge in [-0.15, -0.1) is 0 Å². The number of allylic oxidation sites excluding steroid dienone is 4. The number of nitrogens with two attached hydrogens (primary N) is 1. The predicted octanol–water partition coefficient (Wildman–Crippen LogP) is 3.57. The number of aldehydes is 1. The SMILES string of the molecule is C/C=C(\C)O.C=CC(=C)CPN/N=C(/C=O)c1ccccc1N. The molecule has 0 spiro atoms. The Morgan fingerprint density at radius 3 is 2.57 bits per heavy atom. The van der Waals surface area contributed by atoms with E-state index in [4.69, 9.17) is 10.8 Å². The number of rotatable bonds is 7. The molecule has 0 saturated carbocycles. The molecule has 23 heavy (non-hydrogen) atoms. The minimum atomic E-state index is 0.296. The van der Waals surface area contributed by atoms with Gasteiger partial charge < -0.3 is 10.8 Å². The van der Waals surface area contributed by atoms with Crippen LogP contribution in [0.15, 0.2) is 66.0 Å². The number of benzene rings is 1. The highest BCUT2D eigenvalue weighted by atomic mass is 31.1. The topological polar surface area (TPSA) is 87.7 Å². The number of nitrogens with one attached hydrogen (secondary N) is 1. The maximum absolute atomic E-state index is 11.0. The molecule has 0 aliphatic heterocycles. The largest absolute Gasteiger partial charge is 0.513 e. The van der Waals surface area contributed by atoms with Gasteiger partial charge in [0.2, 0.25) is 0 Å². The predicted molar refractivity (Wildman–Crippen MR) is 101 cm³/mol. The van der Waals surface area contributed by atoms with Crippen LogP contribution >= 0.6 is 8.73 Å². The molecule has 0 aliphatic rings. The number of hydrogen-bond donors (Lipinski definition) is 3. The van der Waals surface area contributed by atoms with Crippen molar-refractivity contribution in [3.8, 4) is 0 Å². The molecule has 0 amide bonds. The highest BCUT2D eigenvalue weighted by Gasteiger charge is 2.05. The van der Waals surface area contributed by atoms with Gasteiger partial charge in [0.05, 0.1) is 5.76 Å². The zero-order valence-corrected chi connectivity index (χ0v) is 14.5. The first kappa shape index (κ1) is 20.6. The lowest BCUT2D eigenvalue weighted by Crippen LogP contribution is -2.09. The van der Waals surface area contributed by atoms with Gasteiger partial charge >= 0.3 is 0 Å². The van der Waals surface area contributed by atoms with Crippen molar-refractivity contribution >= 4 is 26.4 Å². The van der Waals surface area contributed by atoms with Crippen LogP contribution in [-0.2, 0) is 4.79 Å². The summed E-state index contributed by atoms with van der Waals surface area (Å²) in [6.45, 7) is 10.8. The number of para-hydroxylation sites is 1. The van der Waals surface area contributed by atoms with E-state index >= 15 is 0 Å². The van der Waals surface area contributed by atoms with E-state index < -0.39 is 0 Å². The smallest absolute Gasteiger partial charge is 0.170 e. The lowest BCUT2D eigenvalue weighted by Gasteiger charge is -2.05. The fourth-order valence-electron chi connectivity index (χ4n) is 1.21. The molecule has 1 atom stereocenters. The average molecular weight is 333 g/mol. The first-order chi connectivity index (χ1) is 11.0. The van der Waals surface area contributed by atoms with Crippen molar-refractivity contribution in [3.63, 3.8) is 0 Å². The number of aliphatic hydroxyl groups excluding tert-OH is 1. The maximum Gasteiger partial charge on any atom is 0.170 e. The summed E-state index contributed by atoms with van der Waals surface area (Å²) >= 11 is 0. The summed E-state index contributed by atoms with van der Waals surface area (Å²) in [7, 11) is 0.349. The standard InChI is InChI=1S/C13H16N3OP.C4H8O/c1-3-10(2)9-18-16-15-13(8-17)11-6-4-5-7-12(11)14;1-3-4(2)5/h3-8,16,18H,1-2,9,14H2;3,5H,1-2H3/b15-13-;4-3+. The lowest BCUT2D eigenvalue weighted by molar-refractivity contribution is -0.102. The summed E-state index contributed by atoms with van der Waals surface area (Å²) in [6.07, 6.45) is 4.78. The summed E-state index contributed by atoms with van der Waals surface area (Å²) in [5.74, 6) is 0.380. The van der Waals surface area contributed by atoms with Crippen LogP contribution in [0.3, 0.4) is 0 Å². The molecule has 0 heterocycles. The molecule has 6 heteroatoms. The molecule has 0 fully saturated rings. The molecule has 124 valence electrons. The number of carbonyl (C=O) groups excluding carboxylic acids is 1. The van der Waals surface area contributed by atoms with Gasteiger partial charge in [0.1, 0.15) is 5.71 Å². The number of anilines is 1. The van der Waals surface area contributed by atoms with Crippen molar-refractivity contribution in [2.45, 2.75) is 13.8 Å². The number of carbonyl (C=O) groups is 1. The molecule has 0 aromatic heterocycles. The molecule has 0 aliphatic carbocycles. The first-order valence-corrected chi connectivity index (χ1v) is 8.14. The Morgan fingerprint density at radius 2 is 2.09 bits per heavy atom. The van der Waals surface area contributed by atoms with Gasteiger partial charge in [-0.1, -0.05) is 43.5 Å². The number of hydrogen-bond acceptors (Lipinski definition) is 5. The molecular weight excluding hydrogens is 309 g/mol. The second-order valence-electron chi connectivity index (χ2n) is 4.46. The average Bonchev–Trinajstić information content (AvgIpc) is 2.56. The second-order valence-corrected chi connectivity index (χ2v) is 5.39. The molecular formula is C17H24N3O2P. The third-order valence-electron chi connectivity index (χ3n) is 2.63. The van der Waals surface area contributed by atoms with Gasteiger partial charge in [0.25, 0.3) is 0 Å². The zero-order chi connectivity index (χ0) is 17.7. The van der Waals surface area contributed by atoms with Crippen LogP contribution in [0.2, 0.25) is 0 Å². The van der Waals surface area contributed by atoms with Gasteiger partial charge in [-0.2, -0.15) is 5.10 Å². The summed E-state index contributed by atoms with van der Waals surface area (Å²) < 4.78 is 0. The van der Waals surface area contributed by atoms with Crippen molar-refractivity contribution in [2.24, 2.45) is 5.10 Å². The van der Waals surface area contributed by atoms with E-state index in [1.54, 1.807) is 38.1 Å². The van der Waals surface area contributed by atoms with Crippen LogP contribution in [0.25, 0.3) is 0 Å². The highest BCUT2D eigenvalue weighted by Crippen LogP contribution is 2.13. The number of nitrogens with zero attached hydrogens (tertiary/aromatic N) is 1. The highest BCUT2D eigenvalue weighted by molar-refractivity contribution is 7.35. The van der Waals surface area contributed by atoms with Crippen LogP contribution in [0.5, 0.6) is 0 Å². The second kappa shape index (κ2) is 12.2. The van der Waals surface area contributed by atoms with E-state index in [1.807, 2.05) is 12.1 Å². The Balaban J connectivity index is 0.000000841. The summed E-state index contributed by atoms with van der Waals surface area (Å²) in [6, 6.07) is 7.11. The molecule has 1 unspecified atom stereocenters. The van der Waals surface area contributed by atoms with Crippen LogP contribution in [0, 0.1) is 0 Å². The first-order valence-electron chi connectivity index (χ1n) is 6.93. The van der Waals surface area contributed by atoms with Crippen LogP contribution in [0.1, 0.15) is 19.4 Å². The van der Waals surface area contributed by atoms with Crippen molar-refractivity contribution in [2.75, 3.05) is 11.9 Å². The number of nitrogen functional groups attached to an aromatic ring is 1. The van der Waals surface area contributed by atoms with E-state index in [9.17, 15) is 4.79 Å². The van der Waals surface area contributed by atoms with E-state index in [2.05, 4.69) is 23.5 Å². The van der Waals surface area contributed by atoms with Crippen molar-refractivity contribution in [1.82, 2.24) is 5.20 Å². The quantitative estimate of drug-likeness (QED) is 0.104. The summed E-state index contributed by atoms with van der Waals surface area (Å²) in [5, 5.41) is 15.1. The Kier molecular flexibility index (Phi) is 10.9. The number of hydrazone groups is 1. The summed E-state index contributed by atoms with van der Waals surface area (Å²) in [4.78, 5) is 11.0. The van der Waals surface area contributed by atoms with Gasteiger partial charge in [-0.05, 0) is 34.2 Å². The molecule has 1 aromatic carbocycles. The Bertz CT molecular complexity index is 591. The van der Waals surface area contributed by atoms with Crippen molar-refractivity contribution in [1.29, 1.82) is 0 Å². The Morgan fingerprint density at radius 1 is 1.48 bits per heavy atom. The minimum absolute atomic E-state index is 0.296. The molecule has 1 aromatic rings. The van der Waals surface area contributed by atoms with Gasteiger partial charge in [0, 0.05) is 17.4 Å². The van der Waals surface area contributed by atoms with Gasteiger partial charge in [-0.3, -0.25) is 9.99 Å². The van der Waals surface area contributed by atoms with E-state index in [-0.39, 0.29) is 0 Å². The molecule has 0 radical (unpaired) electrons. The van der Waals surface area contributed by atoms with Crippen molar-refractivity contribution in [3.05, 3.63) is 66.5 Å². The maximum atomic E-state index is 11.0. The Labute approximate surface area is 139 Å². The number of aliphatic hydroxyl groups is 1. The Hall–Kier alpha value is -2.39. The molecule has 0 bridgehead atoms. The van der Waals surface area contributed by atoms with Crippen LogP contribution in [-0.4, -0.2) is 23.3 Å². The van der Waals surface area contributed by atoms with Gasteiger partial charge in [-0.25, -0.2) is 0 Å². The zero-order valence-electron chi connectivity index (χ0n) is 13.5. The summed E-state index contributed by atoms with van der Waals surface area (Å²) in [5.41, 5.74) is 8.17. The third kappa shape index (κ3) is 9.27. The lowest BCUT2D eigenvalue weighted by atomic mass is 10.1. The van der Waals surface area contributed by atoms with Crippen molar-refractivity contribution < 1.29 is 9.90 Å². The minimum Gasteiger partial charge on any atom is -0.513 e. The monoisotopic (exact) mass is 333 g/mol. The normalized spacial score (nSPS) is 11.6. The molecule has 5 nitrogen and oxygen atoms in total. The molecule has 4 N–H and O–H groups in total. The van der Waals surface area contributed by atoms with E-state index in [0.29, 0.717) is 37.7 Å². The van der Waals surface area contributed by atoms with Crippen LogP contribution < -0.4 is 10.9 Å². The van der Waals surface area contributed by atoms with Gasteiger partial charge in [0.15, 0.2) is 6.29 Å².